The minimum atomic E-state index is -3.91. The van der Waals surface area contributed by atoms with Crippen LogP contribution in [-0.4, -0.2) is 9.66 Å². The van der Waals surface area contributed by atoms with Crippen LogP contribution in [-0.2, 0) is 4.57 Å². The zero-order chi connectivity index (χ0) is 19.4. The molecule has 4 rings (SSSR count). The minimum Gasteiger partial charge on any atom is -0.399 e. The lowest BCUT2D eigenvalue weighted by Crippen LogP contribution is -2.20. The van der Waals surface area contributed by atoms with Crippen molar-refractivity contribution < 1.29 is 13.6 Å². The van der Waals surface area contributed by atoms with E-state index in [4.69, 9.17) is 21.3 Å². The first-order chi connectivity index (χ1) is 13.6. The second-order valence-electron chi connectivity index (χ2n) is 5.83. The summed E-state index contributed by atoms with van der Waals surface area (Å²) in [6, 6.07) is 24.9. The molecule has 140 valence electrons. The van der Waals surface area contributed by atoms with Crippen molar-refractivity contribution in [2.24, 2.45) is 0 Å². The van der Waals surface area contributed by atoms with E-state index in [-0.39, 0.29) is 0 Å². The molecule has 0 aliphatic rings. The summed E-state index contributed by atoms with van der Waals surface area (Å²) >= 11 is 5.40. The third-order valence-electron chi connectivity index (χ3n) is 3.81. The van der Waals surface area contributed by atoms with Crippen molar-refractivity contribution in [1.82, 2.24) is 9.66 Å². The molecule has 0 radical (unpaired) electrons. The number of hydrogen-bond acceptors (Lipinski definition) is 5. The molecule has 4 aromatic rings. The summed E-state index contributed by atoms with van der Waals surface area (Å²) in [4.78, 5) is 4.34. The smallest absolute Gasteiger partial charge is 0.399 e. The molecular formula is C20H16N3O3PS. The molecule has 0 amide bonds. The summed E-state index contributed by atoms with van der Waals surface area (Å²) in [5, 5.41) is 3.65. The number of benzene rings is 2. The number of rotatable bonds is 6. The monoisotopic (exact) mass is 409 g/mol. The summed E-state index contributed by atoms with van der Waals surface area (Å²) < 4.78 is 27.0. The highest BCUT2D eigenvalue weighted by Crippen LogP contribution is 2.46. The zero-order valence-corrected chi connectivity index (χ0v) is 16.3. The van der Waals surface area contributed by atoms with Gasteiger partial charge in [0.15, 0.2) is 5.65 Å². The third kappa shape index (κ3) is 4.06. The van der Waals surface area contributed by atoms with Crippen LogP contribution in [0.2, 0.25) is 0 Å². The predicted molar refractivity (Wildman–Crippen MR) is 112 cm³/mol. The second kappa shape index (κ2) is 7.84. The Bertz CT molecular complexity index is 1150. The number of nitrogens with one attached hydrogen (secondary N) is 1. The van der Waals surface area contributed by atoms with E-state index < -0.39 is 7.75 Å². The molecule has 2 heterocycles. The normalized spacial score (nSPS) is 11.1. The van der Waals surface area contributed by atoms with Gasteiger partial charge in [-0.1, -0.05) is 48.6 Å². The van der Waals surface area contributed by atoms with Gasteiger partial charge in [0.2, 0.25) is 0 Å². The average molecular weight is 409 g/mol. The van der Waals surface area contributed by atoms with Gasteiger partial charge in [-0.05, 0) is 48.5 Å². The Balaban J connectivity index is 1.77. The van der Waals surface area contributed by atoms with Gasteiger partial charge in [-0.15, -0.1) is 0 Å². The van der Waals surface area contributed by atoms with Gasteiger partial charge in [0.05, 0.1) is 0 Å². The molecule has 2 aromatic carbocycles. The summed E-state index contributed by atoms with van der Waals surface area (Å²) in [6.07, 6.45) is 1.64. The van der Waals surface area contributed by atoms with E-state index in [1.54, 1.807) is 60.8 Å². The Hall–Kier alpha value is -3.15. The standard InChI is InChI=1S/C20H16N3O3PS/c24-27(25-17-9-3-1-4-10-17,26-18-11-5-2-6-12-18)22-23-19(28)14-13-16-8-7-15-21-20(16)23/h1-15H,(H,22,24). The highest BCUT2D eigenvalue weighted by molar-refractivity contribution is 7.71. The van der Waals surface area contributed by atoms with Crippen molar-refractivity contribution in [2.75, 3.05) is 5.20 Å². The molecule has 0 aliphatic carbocycles. The minimum absolute atomic E-state index is 0.389. The molecule has 0 saturated heterocycles. The Kier molecular flexibility index (Phi) is 5.10. The van der Waals surface area contributed by atoms with Crippen LogP contribution in [0.1, 0.15) is 0 Å². The fraction of sp³-hybridized carbons (Fsp3) is 0. The van der Waals surface area contributed by atoms with Crippen molar-refractivity contribution in [3.8, 4) is 11.5 Å². The van der Waals surface area contributed by atoms with Gasteiger partial charge < -0.3 is 9.05 Å². The molecule has 0 spiro atoms. The topological polar surface area (TPSA) is 65.4 Å². The zero-order valence-electron chi connectivity index (χ0n) is 14.6. The summed E-state index contributed by atoms with van der Waals surface area (Å²) in [5.41, 5.74) is 0.517. The van der Waals surface area contributed by atoms with Crippen LogP contribution in [0.15, 0.2) is 91.1 Å². The molecule has 2 aromatic heterocycles. The first-order valence-corrected chi connectivity index (χ1v) is 10.4. The molecule has 0 bridgehead atoms. The van der Waals surface area contributed by atoms with E-state index >= 15 is 0 Å². The van der Waals surface area contributed by atoms with Crippen molar-refractivity contribution in [3.63, 3.8) is 0 Å². The lowest BCUT2D eigenvalue weighted by atomic mass is 10.3. The first kappa shape index (κ1) is 18.2. The highest BCUT2D eigenvalue weighted by Gasteiger charge is 2.30. The van der Waals surface area contributed by atoms with Crippen molar-refractivity contribution >= 4 is 31.0 Å². The van der Waals surface area contributed by atoms with E-state index in [9.17, 15) is 4.57 Å². The van der Waals surface area contributed by atoms with E-state index in [2.05, 4.69) is 10.2 Å². The molecule has 28 heavy (non-hydrogen) atoms. The maximum Gasteiger partial charge on any atom is 0.556 e. The number of fused-ring (bicyclic) bond motifs is 1. The van der Waals surface area contributed by atoms with Crippen molar-refractivity contribution in [1.29, 1.82) is 0 Å². The fourth-order valence-corrected chi connectivity index (χ4v) is 4.22. The molecule has 0 saturated carbocycles. The molecule has 0 aliphatic heterocycles. The largest absolute Gasteiger partial charge is 0.556 e. The van der Waals surface area contributed by atoms with E-state index in [1.807, 2.05) is 30.3 Å². The average Bonchev–Trinajstić information content (AvgIpc) is 2.71. The molecule has 0 fully saturated rings. The Morgan fingerprint density at radius 3 is 2.04 bits per heavy atom. The van der Waals surface area contributed by atoms with Crippen LogP contribution in [0.5, 0.6) is 11.5 Å². The predicted octanol–water partition coefficient (Wildman–Crippen LogP) is 5.58. The lowest BCUT2D eigenvalue weighted by Gasteiger charge is -2.22. The Morgan fingerprint density at radius 2 is 1.43 bits per heavy atom. The van der Waals surface area contributed by atoms with Gasteiger partial charge >= 0.3 is 7.75 Å². The Morgan fingerprint density at radius 1 is 0.821 bits per heavy atom. The van der Waals surface area contributed by atoms with Crippen LogP contribution < -0.4 is 14.2 Å². The van der Waals surface area contributed by atoms with Crippen LogP contribution >= 0.6 is 20.0 Å². The number of aromatic nitrogens is 2. The molecule has 6 nitrogen and oxygen atoms in total. The quantitative estimate of drug-likeness (QED) is 0.332. The van der Waals surface area contributed by atoms with Crippen LogP contribution in [0.3, 0.4) is 0 Å². The van der Waals surface area contributed by atoms with Gasteiger partial charge in [0.1, 0.15) is 16.1 Å². The second-order valence-corrected chi connectivity index (χ2v) is 7.81. The Labute approximate surface area is 167 Å². The molecule has 0 atom stereocenters. The molecular weight excluding hydrogens is 393 g/mol. The maximum atomic E-state index is 13.7. The van der Waals surface area contributed by atoms with Crippen molar-refractivity contribution in [3.05, 3.63) is 95.8 Å². The van der Waals surface area contributed by atoms with Crippen LogP contribution in [0.25, 0.3) is 11.0 Å². The summed E-state index contributed by atoms with van der Waals surface area (Å²) in [7, 11) is -3.91. The molecule has 0 unspecified atom stereocenters. The number of para-hydroxylation sites is 2. The SMILES string of the molecule is O=P(Nn1c(=S)ccc2cccnc21)(Oc1ccccc1)Oc1ccccc1. The van der Waals surface area contributed by atoms with Gasteiger partial charge in [-0.25, -0.2) is 19.4 Å². The van der Waals surface area contributed by atoms with Crippen LogP contribution in [0.4, 0.5) is 0 Å². The number of pyridine rings is 2. The summed E-state index contributed by atoms with van der Waals surface area (Å²) in [6.45, 7) is 0. The fourth-order valence-electron chi connectivity index (χ4n) is 2.59. The van der Waals surface area contributed by atoms with Crippen molar-refractivity contribution in [2.45, 2.75) is 0 Å². The summed E-state index contributed by atoms with van der Waals surface area (Å²) in [5.74, 6) is 0.794. The van der Waals surface area contributed by atoms with E-state index in [0.717, 1.165) is 5.39 Å². The highest BCUT2D eigenvalue weighted by atomic mass is 32.1. The number of hydrogen-bond donors (Lipinski definition) is 1. The maximum absolute atomic E-state index is 13.7. The van der Waals surface area contributed by atoms with E-state index in [1.165, 1.54) is 4.68 Å². The molecule has 8 heteroatoms. The van der Waals surface area contributed by atoms with E-state index in [0.29, 0.717) is 21.8 Å². The third-order valence-corrected chi connectivity index (χ3v) is 5.48. The van der Waals surface area contributed by atoms with Gasteiger partial charge in [0, 0.05) is 11.6 Å². The van der Waals surface area contributed by atoms with Crippen LogP contribution in [0, 0.1) is 4.64 Å². The van der Waals surface area contributed by atoms with Gasteiger partial charge in [-0.2, -0.15) is 0 Å². The molecule has 1 N–H and O–H groups in total. The van der Waals surface area contributed by atoms with Gasteiger partial charge in [0.25, 0.3) is 0 Å². The number of nitrogens with zero attached hydrogens (tertiary/aromatic N) is 2. The van der Waals surface area contributed by atoms with Gasteiger partial charge in [-0.3, -0.25) is 0 Å². The lowest BCUT2D eigenvalue weighted by molar-refractivity contribution is 0.387. The first-order valence-electron chi connectivity index (χ1n) is 8.47.